The van der Waals surface area contributed by atoms with Crippen LogP contribution in [0.4, 0.5) is 0 Å². The van der Waals surface area contributed by atoms with Crippen molar-refractivity contribution in [3.63, 3.8) is 0 Å². The summed E-state index contributed by atoms with van der Waals surface area (Å²) in [6.07, 6.45) is 2.02. The van der Waals surface area contributed by atoms with Crippen molar-refractivity contribution in [2.24, 2.45) is 5.10 Å². The zero-order valence-corrected chi connectivity index (χ0v) is 18.3. The highest BCUT2D eigenvalue weighted by molar-refractivity contribution is 6.31. The van der Waals surface area contributed by atoms with E-state index in [9.17, 15) is 14.7 Å². The number of nitrogens with zero attached hydrogens (tertiary/aromatic N) is 1. The Kier molecular flexibility index (Phi) is 6.01. The highest BCUT2D eigenvalue weighted by Gasteiger charge is 2.29. The highest BCUT2D eigenvalue weighted by atomic mass is 35.5. The maximum absolute atomic E-state index is 12.8. The fourth-order valence-corrected chi connectivity index (χ4v) is 3.77. The van der Waals surface area contributed by atoms with E-state index in [-0.39, 0.29) is 17.1 Å². The molecule has 1 aliphatic carbocycles. The van der Waals surface area contributed by atoms with Gasteiger partial charge in [-0.15, -0.1) is 0 Å². The number of rotatable bonds is 4. The summed E-state index contributed by atoms with van der Waals surface area (Å²) >= 11 is 6.03. The lowest BCUT2D eigenvalue weighted by Gasteiger charge is -2.13. The van der Waals surface area contributed by atoms with Gasteiger partial charge in [-0.05, 0) is 62.6 Å². The fourth-order valence-electron chi connectivity index (χ4n) is 3.65. The number of hydrogen-bond donors (Lipinski definition) is 2. The Labute approximate surface area is 189 Å². The van der Waals surface area contributed by atoms with Crippen LogP contribution in [0.2, 0.25) is 5.02 Å². The summed E-state index contributed by atoms with van der Waals surface area (Å²) in [5.41, 5.74) is 5.32. The Morgan fingerprint density at radius 3 is 2.69 bits per heavy atom. The maximum atomic E-state index is 12.8. The normalized spacial score (nSPS) is 14.2. The molecule has 0 saturated carbocycles. The summed E-state index contributed by atoms with van der Waals surface area (Å²) < 4.78 is 11.3. The largest absolute Gasteiger partial charge is 0.507 e. The summed E-state index contributed by atoms with van der Waals surface area (Å²) in [5.74, 6) is -0.170. The molecule has 164 valence electrons. The molecule has 0 unspecified atom stereocenters. The number of halogens is 1. The number of hydrogen-bond acceptors (Lipinski definition) is 6. The Bertz CT molecular complexity index is 1250. The smallest absolute Gasteiger partial charge is 0.379 e. The van der Waals surface area contributed by atoms with Crippen molar-refractivity contribution in [3.05, 3.63) is 81.3 Å². The average molecular weight is 453 g/mol. The molecule has 32 heavy (non-hydrogen) atoms. The summed E-state index contributed by atoms with van der Waals surface area (Å²) in [6, 6.07) is 11.2. The molecular weight excluding hydrogens is 432 g/mol. The topological polar surface area (TPSA) is 101 Å². The lowest BCUT2D eigenvalue weighted by molar-refractivity contribution is 0.0698. The van der Waals surface area contributed by atoms with Crippen LogP contribution in [0.3, 0.4) is 0 Å². The number of phenols is 1. The molecule has 1 heterocycles. The van der Waals surface area contributed by atoms with Gasteiger partial charge in [0.2, 0.25) is 5.76 Å². The number of amides is 1. The second kappa shape index (κ2) is 8.88. The van der Waals surface area contributed by atoms with Crippen LogP contribution in [0.25, 0.3) is 0 Å². The van der Waals surface area contributed by atoms with Crippen molar-refractivity contribution in [1.82, 2.24) is 5.43 Å². The molecule has 0 saturated heterocycles. The standard InChI is InChI=1S/C24H21ClN2O5/c1-13-12-15(10-11-17(13)25)31-24(30)22-14(2)21-18(7-5-9-20(21)32-22)26-27-23(29)16-6-3-4-8-19(16)28/h3-4,6,8,10-12,28H,5,7,9H2,1-2H3,(H,27,29)/b26-18+. The molecular formula is C24H21ClN2O5. The van der Waals surface area contributed by atoms with Crippen molar-refractivity contribution < 1.29 is 23.8 Å². The first kappa shape index (κ1) is 21.6. The number of hydrazone groups is 1. The van der Waals surface area contributed by atoms with Crippen LogP contribution in [0.5, 0.6) is 11.5 Å². The molecule has 0 bridgehead atoms. The van der Waals surface area contributed by atoms with Crippen molar-refractivity contribution >= 4 is 29.2 Å². The summed E-state index contributed by atoms with van der Waals surface area (Å²) in [7, 11) is 0. The Hall–Kier alpha value is -3.58. The third kappa shape index (κ3) is 4.24. The van der Waals surface area contributed by atoms with Crippen molar-refractivity contribution in [3.8, 4) is 11.5 Å². The number of ether oxygens (including phenoxy) is 1. The van der Waals surface area contributed by atoms with Crippen LogP contribution < -0.4 is 10.2 Å². The van der Waals surface area contributed by atoms with Gasteiger partial charge in [0.05, 0.1) is 11.3 Å². The van der Waals surface area contributed by atoms with Crippen LogP contribution in [0.15, 0.2) is 52.0 Å². The van der Waals surface area contributed by atoms with Gasteiger partial charge in [-0.1, -0.05) is 23.7 Å². The molecule has 7 nitrogen and oxygen atoms in total. The van der Waals surface area contributed by atoms with E-state index in [1.165, 1.54) is 12.1 Å². The van der Waals surface area contributed by atoms with Gasteiger partial charge in [-0.25, -0.2) is 10.2 Å². The molecule has 1 amide bonds. The van der Waals surface area contributed by atoms with Crippen molar-refractivity contribution in [1.29, 1.82) is 0 Å². The molecule has 1 aliphatic rings. The minimum absolute atomic E-state index is 0.101. The fraction of sp³-hybridized carbons (Fsp3) is 0.208. The van der Waals surface area contributed by atoms with Crippen molar-refractivity contribution in [2.45, 2.75) is 33.1 Å². The molecule has 0 aliphatic heterocycles. The number of aryl methyl sites for hydroxylation is 2. The third-order valence-corrected chi connectivity index (χ3v) is 5.72. The SMILES string of the molecule is Cc1cc(OC(=O)c2oc3c(c2C)/C(=N/NC(=O)c2ccccc2O)CCC3)ccc1Cl. The van der Waals surface area contributed by atoms with E-state index in [1.54, 1.807) is 37.3 Å². The molecule has 2 N–H and O–H groups in total. The quantitative estimate of drug-likeness (QED) is 0.331. The van der Waals surface area contributed by atoms with Crippen LogP contribution in [0, 0.1) is 13.8 Å². The molecule has 2 aromatic carbocycles. The number of esters is 1. The van der Waals surface area contributed by atoms with E-state index in [0.29, 0.717) is 46.2 Å². The number of para-hydroxylation sites is 1. The van der Waals surface area contributed by atoms with Crippen LogP contribution >= 0.6 is 11.6 Å². The Morgan fingerprint density at radius 2 is 1.94 bits per heavy atom. The molecule has 4 rings (SSSR count). The second-order valence-corrected chi connectivity index (χ2v) is 7.93. The number of aromatic hydroxyl groups is 1. The summed E-state index contributed by atoms with van der Waals surface area (Å²) in [4.78, 5) is 25.1. The Balaban J connectivity index is 1.57. The first-order chi connectivity index (χ1) is 15.3. The van der Waals surface area contributed by atoms with E-state index in [2.05, 4.69) is 10.5 Å². The molecule has 0 radical (unpaired) electrons. The molecule has 0 atom stereocenters. The maximum Gasteiger partial charge on any atom is 0.379 e. The van der Waals surface area contributed by atoms with Gasteiger partial charge < -0.3 is 14.3 Å². The first-order valence-electron chi connectivity index (χ1n) is 10.1. The second-order valence-electron chi connectivity index (χ2n) is 7.52. The van der Waals surface area contributed by atoms with E-state index >= 15 is 0 Å². The van der Waals surface area contributed by atoms with Gasteiger partial charge in [0, 0.05) is 22.6 Å². The number of carbonyl (C=O) groups is 2. The predicted molar refractivity (Wildman–Crippen MR) is 120 cm³/mol. The first-order valence-corrected chi connectivity index (χ1v) is 10.5. The minimum Gasteiger partial charge on any atom is -0.507 e. The molecule has 0 fully saturated rings. The van der Waals surface area contributed by atoms with E-state index in [4.69, 9.17) is 20.8 Å². The average Bonchev–Trinajstić information content (AvgIpc) is 3.12. The van der Waals surface area contributed by atoms with E-state index < -0.39 is 11.9 Å². The highest BCUT2D eigenvalue weighted by Crippen LogP contribution is 2.31. The number of benzene rings is 2. The van der Waals surface area contributed by atoms with Gasteiger partial charge in [-0.2, -0.15) is 5.10 Å². The van der Waals surface area contributed by atoms with Crippen LogP contribution in [-0.2, 0) is 6.42 Å². The van der Waals surface area contributed by atoms with Crippen molar-refractivity contribution in [2.75, 3.05) is 0 Å². The van der Waals surface area contributed by atoms with Crippen LogP contribution in [0.1, 0.15) is 56.2 Å². The van der Waals surface area contributed by atoms with E-state index in [1.807, 2.05) is 6.92 Å². The van der Waals surface area contributed by atoms with Gasteiger partial charge in [0.1, 0.15) is 17.3 Å². The Morgan fingerprint density at radius 1 is 1.16 bits per heavy atom. The molecule has 1 aromatic heterocycles. The van der Waals surface area contributed by atoms with Gasteiger partial charge in [0.15, 0.2) is 0 Å². The monoisotopic (exact) mass is 452 g/mol. The lowest BCUT2D eigenvalue weighted by Crippen LogP contribution is -2.22. The molecule has 3 aromatic rings. The van der Waals surface area contributed by atoms with Gasteiger partial charge >= 0.3 is 5.97 Å². The van der Waals surface area contributed by atoms with Crippen LogP contribution in [-0.4, -0.2) is 22.7 Å². The predicted octanol–water partition coefficient (Wildman–Crippen LogP) is 4.95. The zero-order valence-electron chi connectivity index (χ0n) is 17.6. The number of nitrogens with one attached hydrogen (secondary N) is 1. The number of furan rings is 1. The molecule has 8 heteroatoms. The number of carbonyl (C=O) groups excluding carboxylic acids is 2. The third-order valence-electron chi connectivity index (χ3n) is 5.29. The summed E-state index contributed by atoms with van der Waals surface area (Å²) in [6.45, 7) is 3.58. The lowest BCUT2D eigenvalue weighted by atomic mass is 9.93. The zero-order chi connectivity index (χ0) is 22.8. The minimum atomic E-state index is -0.615. The number of fused-ring (bicyclic) bond motifs is 1. The van der Waals surface area contributed by atoms with E-state index in [0.717, 1.165) is 12.0 Å². The van der Waals surface area contributed by atoms with Gasteiger partial charge in [0.25, 0.3) is 5.91 Å². The summed E-state index contributed by atoms with van der Waals surface area (Å²) in [5, 5.41) is 14.7. The van der Waals surface area contributed by atoms with Gasteiger partial charge in [-0.3, -0.25) is 4.79 Å². The molecule has 0 spiro atoms. The number of phenolic OH excluding ortho intramolecular Hbond substituents is 1.